The van der Waals surface area contributed by atoms with Crippen LogP contribution in [0.1, 0.15) is 38.2 Å². The molecule has 2 aliphatic rings. The average molecular weight is 322 g/mol. The van der Waals surface area contributed by atoms with Crippen molar-refractivity contribution in [2.45, 2.75) is 45.2 Å². The fourth-order valence-electron chi connectivity index (χ4n) is 3.43. The van der Waals surface area contributed by atoms with E-state index in [0.29, 0.717) is 23.9 Å². The molecule has 0 aromatic heterocycles. The molecule has 1 heterocycles. The van der Waals surface area contributed by atoms with Gasteiger partial charge in [0, 0.05) is 37.2 Å². The molecule has 3 nitrogen and oxygen atoms in total. The SMILES string of the molecule is CC[C@H]1CN(C(=O)C2CC2)CC[C@@H]1NCc1cccc(F)c1F. The first-order valence-corrected chi connectivity index (χ1v) is 8.55. The number of benzene rings is 1. The van der Waals surface area contributed by atoms with E-state index in [1.54, 1.807) is 6.07 Å². The zero-order chi connectivity index (χ0) is 16.4. The quantitative estimate of drug-likeness (QED) is 0.903. The van der Waals surface area contributed by atoms with Gasteiger partial charge in [-0.2, -0.15) is 0 Å². The maximum Gasteiger partial charge on any atom is 0.225 e. The molecule has 126 valence electrons. The molecule has 3 rings (SSSR count). The van der Waals surface area contributed by atoms with Gasteiger partial charge in [-0.15, -0.1) is 0 Å². The second kappa shape index (κ2) is 6.95. The number of carbonyl (C=O) groups excluding carboxylic acids is 1. The molecule has 1 aromatic carbocycles. The highest BCUT2D eigenvalue weighted by molar-refractivity contribution is 5.81. The number of rotatable bonds is 5. The van der Waals surface area contributed by atoms with Crippen LogP contribution in [0.2, 0.25) is 0 Å². The fraction of sp³-hybridized carbons (Fsp3) is 0.611. The Morgan fingerprint density at radius 3 is 2.78 bits per heavy atom. The summed E-state index contributed by atoms with van der Waals surface area (Å²) >= 11 is 0. The van der Waals surface area contributed by atoms with E-state index >= 15 is 0 Å². The second-order valence-corrected chi connectivity index (χ2v) is 6.72. The number of carbonyl (C=O) groups is 1. The Balaban J connectivity index is 1.57. The molecule has 2 fully saturated rings. The molecule has 0 bridgehead atoms. The van der Waals surface area contributed by atoms with Gasteiger partial charge in [0.25, 0.3) is 0 Å². The topological polar surface area (TPSA) is 32.3 Å². The summed E-state index contributed by atoms with van der Waals surface area (Å²) in [5.74, 6) is -0.643. The van der Waals surface area contributed by atoms with Crippen molar-refractivity contribution in [3.63, 3.8) is 0 Å². The van der Waals surface area contributed by atoms with Gasteiger partial charge in [0.05, 0.1) is 0 Å². The molecule has 1 saturated heterocycles. The molecule has 5 heteroatoms. The van der Waals surface area contributed by atoms with E-state index in [9.17, 15) is 13.6 Å². The van der Waals surface area contributed by atoms with Gasteiger partial charge < -0.3 is 10.2 Å². The van der Waals surface area contributed by atoms with E-state index < -0.39 is 11.6 Å². The van der Waals surface area contributed by atoms with Crippen molar-refractivity contribution < 1.29 is 13.6 Å². The smallest absolute Gasteiger partial charge is 0.225 e. The number of hydrogen-bond donors (Lipinski definition) is 1. The molecule has 1 aliphatic heterocycles. The van der Waals surface area contributed by atoms with Gasteiger partial charge in [-0.3, -0.25) is 4.79 Å². The standard InChI is InChI=1S/C18H24F2N2O/c1-2-12-11-22(18(23)13-6-7-13)9-8-16(12)21-10-14-4-3-5-15(19)17(14)20/h3-5,12-13,16,21H,2,6-11H2,1H3/t12-,16-/m0/s1. The highest BCUT2D eigenvalue weighted by atomic mass is 19.2. The van der Waals surface area contributed by atoms with Gasteiger partial charge in [0.15, 0.2) is 11.6 Å². The highest BCUT2D eigenvalue weighted by Gasteiger charge is 2.37. The van der Waals surface area contributed by atoms with Crippen LogP contribution in [0.3, 0.4) is 0 Å². The molecular weight excluding hydrogens is 298 g/mol. The maximum absolute atomic E-state index is 13.7. The minimum absolute atomic E-state index is 0.242. The number of halogens is 2. The summed E-state index contributed by atoms with van der Waals surface area (Å²) in [4.78, 5) is 14.2. The van der Waals surface area contributed by atoms with Crippen LogP contribution < -0.4 is 5.32 Å². The van der Waals surface area contributed by atoms with E-state index in [1.807, 2.05) is 4.90 Å². The minimum atomic E-state index is -0.804. The van der Waals surface area contributed by atoms with Crippen LogP contribution in [0.4, 0.5) is 8.78 Å². The number of hydrogen-bond acceptors (Lipinski definition) is 2. The van der Waals surface area contributed by atoms with E-state index in [2.05, 4.69) is 12.2 Å². The lowest BCUT2D eigenvalue weighted by molar-refractivity contribution is -0.134. The van der Waals surface area contributed by atoms with E-state index in [1.165, 1.54) is 6.07 Å². The van der Waals surface area contributed by atoms with Gasteiger partial charge in [0.1, 0.15) is 0 Å². The zero-order valence-electron chi connectivity index (χ0n) is 13.5. The lowest BCUT2D eigenvalue weighted by Gasteiger charge is -2.39. The lowest BCUT2D eigenvalue weighted by atomic mass is 9.89. The Bertz CT molecular complexity index is 574. The Morgan fingerprint density at radius 1 is 1.30 bits per heavy atom. The molecule has 0 radical (unpaired) electrons. The van der Waals surface area contributed by atoms with Crippen molar-refractivity contribution in [2.75, 3.05) is 13.1 Å². The molecule has 23 heavy (non-hydrogen) atoms. The van der Waals surface area contributed by atoms with Crippen LogP contribution in [0, 0.1) is 23.5 Å². The third-order valence-electron chi connectivity index (χ3n) is 5.08. The van der Waals surface area contributed by atoms with Gasteiger partial charge in [0.2, 0.25) is 5.91 Å². The number of piperidine rings is 1. The molecule has 0 spiro atoms. The zero-order valence-corrected chi connectivity index (χ0v) is 13.5. The monoisotopic (exact) mass is 322 g/mol. The Labute approximate surface area is 136 Å². The van der Waals surface area contributed by atoms with Crippen LogP contribution in [0.15, 0.2) is 18.2 Å². The van der Waals surface area contributed by atoms with Crippen molar-refractivity contribution in [1.82, 2.24) is 10.2 Å². The van der Waals surface area contributed by atoms with Gasteiger partial charge in [-0.1, -0.05) is 25.5 Å². The third kappa shape index (κ3) is 3.71. The predicted octanol–water partition coefficient (Wildman–Crippen LogP) is 3.09. The van der Waals surface area contributed by atoms with Gasteiger partial charge in [-0.05, 0) is 31.2 Å². The summed E-state index contributed by atoms with van der Waals surface area (Å²) in [6.07, 6.45) is 3.91. The summed E-state index contributed by atoms with van der Waals surface area (Å²) in [6.45, 7) is 3.97. The average Bonchev–Trinajstić information content (AvgIpc) is 3.40. The summed E-state index contributed by atoms with van der Waals surface area (Å²) in [5.41, 5.74) is 0.358. The molecule has 1 aliphatic carbocycles. The third-order valence-corrected chi connectivity index (χ3v) is 5.08. The van der Waals surface area contributed by atoms with Crippen LogP contribution in [0.25, 0.3) is 0 Å². The first kappa shape index (κ1) is 16.4. The molecule has 2 atom stereocenters. The maximum atomic E-state index is 13.7. The van der Waals surface area contributed by atoms with Crippen LogP contribution in [-0.2, 0) is 11.3 Å². The van der Waals surface area contributed by atoms with Crippen LogP contribution in [0.5, 0.6) is 0 Å². The van der Waals surface area contributed by atoms with Gasteiger partial charge >= 0.3 is 0 Å². The summed E-state index contributed by atoms with van der Waals surface area (Å²) < 4.78 is 27.0. The molecule has 1 amide bonds. The fourth-order valence-corrected chi connectivity index (χ4v) is 3.43. The van der Waals surface area contributed by atoms with Crippen molar-refractivity contribution in [1.29, 1.82) is 0 Å². The first-order chi connectivity index (χ1) is 11.1. The highest BCUT2D eigenvalue weighted by Crippen LogP contribution is 2.33. The van der Waals surface area contributed by atoms with Crippen LogP contribution in [-0.4, -0.2) is 29.9 Å². The summed E-state index contributed by atoms with van der Waals surface area (Å²) in [7, 11) is 0. The van der Waals surface area contributed by atoms with E-state index in [-0.39, 0.29) is 12.0 Å². The second-order valence-electron chi connectivity index (χ2n) is 6.72. The largest absolute Gasteiger partial charge is 0.342 e. The Kier molecular flexibility index (Phi) is 4.95. The minimum Gasteiger partial charge on any atom is -0.342 e. The van der Waals surface area contributed by atoms with Crippen molar-refractivity contribution in [3.05, 3.63) is 35.4 Å². The predicted molar refractivity (Wildman–Crippen MR) is 84.7 cm³/mol. The molecule has 0 unspecified atom stereocenters. The van der Waals surface area contributed by atoms with Crippen molar-refractivity contribution in [3.8, 4) is 0 Å². The molecule has 1 N–H and O–H groups in total. The van der Waals surface area contributed by atoms with Crippen LogP contribution >= 0.6 is 0 Å². The van der Waals surface area contributed by atoms with E-state index in [0.717, 1.165) is 44.8 Å². The molecule has 1 saturated carbocycles. The van der Waals surface area contributed by atoms with Gasteiger partial charge in [-0.25, -0.2) is 8.78 Å². The summed E-state index contributed by atoms with van der Waals surface area (Å²) in [5, 5.41) is 3.37. The summed E-state index contributed by atoms with van der Waals surface area (Å²) in [6, 6.07) is 4.52. The lowest BCUT2D eigenvalue weighted by Crippen LogP contribution is -2.51. The van der Waals surface area contributed by atoms with E-state index in [4.69, 9.17) is 0 Å². The Morgan fingerprint density at radius 2 is 2.09 bits per heavy atom. The van der Waals surface area contributed by atoms with Crippen molar-refractivity contribution >= 4 is 5.91 Å². The number of nitrogens with zero attached hydrogens (tertiary/aromatic N) is 1. The molecular formula is C18H24F2N2O. The number of nitrogens with one attached hydrogen (secondary N) is 1. The van der Waals surface area contributed by atoms with Crippen molar-refractivity contribution in [2.24, 2.45) is 11.8 Å². The number of amides is 1. The first-order valence-electron chi connectivity index (χ1n) is 8.55. The Hall–Kier alpha value is -1.49. The number of likely N-dealkylation sites (tertiary alicyclic amines) is 1. The normalized spacial score (nSPS) is 24.7. The molecule has 1 aromatic rings.